The predicted molar refractivity (Wildman–Crippen MR) is 88.1 cm³/mol. The van der Waals surface area contributed by atoms with Crippen LogP contribution in [0.25, 0.3) is 0 Å². The third-order valence-electron chi connectivity index (χ3n) is 3.06. The summed E-state index contributed by atoms with van der Waals surface area (Å²) in [7, 11) is 0. The maximum Gasteiger partial charge on any atom is 0.230 e. The van der Waals surface area contributed by atoms with Crippen LogP contribution < -0.4 is 5.32 Å². The summed E-state index contributed by atoms with van der Waals surface area (Å²) >= 11 is 1.33. The monoisotopic (exact) mass is 317 g/mol. The van der Waals surface area contributed by atoms with E-state index in [1.54, 1.807) is 18.4 Å². The number of carbonyl (C=O) groups excluding carboxylic acids is 2. The molecule has 1 unspecified atom stereocenters. The van der Waals surface area contributed by atoms with Crippen molar-refractivity contribution >= 4 is 23.5 Å². The number of rotatable bonds is 8. The number of hydrogen-bond acceptors (Lipinski definition) is 4. The van der Waals surface area contributed by atoms with Crippen molar-refractivity contribution in [3.05, 3.63) is 60.1 Å². The van der Waals surface area contributed by atoms with Crippen molar-refractivity contribution < 1.29 is 14.0 Å². The van der Waals surface area contributed by atoms with Gasteiger partial charge in [-0.3, -0.25) is 9.59 Å². The highest BCUT2D eigenvalue weighted by molar-refractivity contribution is 8.00. The molecule has 0 aliphatic rings. The molecule has 0 spiro atoms. The zero-order valence-corrected chi connectivity index (χ0v) is 13.3. The van der Waals surface area contributed by atoms with Gasteiger partial charge in [-0.2, -0.15) is 0 Å². The van der Waals surface area contributed by atoms with E-state index in [0.29, 0.717) is 17.7 Å². The van der Waals surface area contributed by atoms with Gasteiger partial charge in [0, 0.05) is 18.0 Å². The fourth-order valence-electron chi connectivity index (χ4n) is 2.04. The minimum Gasteiger partial charge on any atom is -0.469 e. The molecule has 116 valence electrons. The van der Waals surface area contributed by atoms with Crippen LogP contribution in [0.4, 0.5) is 0 Å². The van der Waals surface area contributed by atoms with E-state index in [1.165, 1.54) is 11.8 Å². The molecule has 5 heteroatoms. The molecule has 1 aromatic heterocycles. The number of furan rings is 1. The third-order valence-corrected chi connectivity index (χ3v) is 3.99. The van der Waals surface area contributed by atoms with E-state index >= 15 is 0 Å². The van der Waals surface area contributed by atoms with Gasteiger partial charge in [-0.15, -0.1) is 11.8 Å². The van der Waals surface area contributed by atoms with Crippen LogP contribution >= 0.6 is 11.8 Å². The van der Waals surface area contributed by atoms with Crippen molar-refractivity contribution in [2.24, 2.45) is 0 Å². The summed E-state index contributed by atoms with van der Waals surface area (Å²) in [6.07, 6.45) is 2.28. The van der Waals surface area contributed by atoms with Crippen LogP contribution in [0.5, 0.6) is 0 Å². The SMILES string of the molecule is CC(Cc1ccco1)NC(=O)CSCC(=O)c1ccccc1. The van der Waals surface area contributed by atoms with Crippen LogP contribution in [0, 0.1) is 0 Å². The smallest absolute Gasteiger partial charge is 0.230 e. The minimum atomic E-state index is -0.0649. The molecule has 0 saturated heterocycles. The first-order valence-corrected chi connectivity index (χ1v) is 8.28. The second kappa shape index (κ2) is 8.44. The average molecular weight is 317 g/mol. The molecule has 0 aliphatic carbocycles. The summed E-state index contributed by atoms with van der Waals surface area (Å²) < 4.78 is 5.25. The van der Waals surface area contributed by atoms with E-state index in [9.17, 15) is 9.59 Å². The number of benzene rings is 1. The van der Waals surface area contributed by atoms with Crippen molar-refractivity contribution in [3.63, 3.8) is 0 Å². The van der Waals surface area contributed by atoms with Gasteiger partial charge in [0.2, 0.25) is 5.91 Å². The topological polar surface area (TPSA) is 59.3 Å². The second-order valence-electron chi connectivity index (χ2n) is 5.03. The molecule has 2 aromatic rings. The quantitative estimate of drug-likeness (QED) is 0.761. The minimum absolute atomic E-state index is 0.00377. The van der Waals surface area contributed by atoms with Crippen LogP contribution in [0.3, 0.4) is 0 Å². The second-order valence-corrected chi connectivity index (χ2v) is 6.02. The standard InChI is InChI=1S/C17H19NO3S/c1-13(10-15-8-5-9-21-15)18-17(20)12-22-11-16(19)14-6-3-2-4-7-14/h2-9,13H,10-12H2,1H3,(H,18,20). The summed E-state index contributed by atoms with van der Waals surface area (Å²) in [4.78, 5) is 23.7. The number of Topliss-reactive ketones (excluding diaryl/α,β-unsaturated/α-hetero) is 1. The molecule has 22 heavy (non-hydrogen) atoms. The molecule has 1 heterocycles. The van der Waals surface area contributed by atoms with Gasteiger partial charge in [0.05, 0.1) is 17.8 Å². The Labute approximate surface area is 134 Å². The van der Waals surface area contributed by atoms with Gasteiger partial charge in [-0.05, 0) is 19.1 Å². The Morgan fingerprint density at radius 2 is 1.91 bits per heavy atom. The lowest BCUT2D eigenvalue weighted by molar-refractivity contribution is -0.119. The first kappa shape index (κ1) is 16.4. The van der Waals surface area contributed by atoms with E-state index < -0.39 is 0 Å². The number of hydrogen-bond donors (Lipinski definition) is 1. The molecule has 2 rings (SSSR count). The Hall–Kier alpha value is -2.01. The van der Waals surface area contributed by atoms with Gasteiger partial charge in [-0.1, -0.05) is 30.3 Å². The summed E-state index contributed by atoms with van der Waals surface area (Å²) in [5, 5.41) is 2.90. The van der Waals surface area contributed by atoms with Gasteiger partial charge in [-0.25, -0.2) is 0 Å². The molecule has 4 nitrogen and oxygen atoms in total. The Kier molecular flexibility index (Phi) is 6.27. The summed E-state index contributed by atoms with van der Waals surface area (Å²) in [5.74, 6) is 1.41. The first-order valence-electron chi connectivity index (χ1n) is 7.13. The summed E-state index contributed by atoms with van der Waals surface area (Å²) in [6, 6.07) is 12.8. The Morgan fingerprint density at radius 3 is 2.59 bits per heavy atom. The molecule has 1 atom stereocenters. The Morgan fingerprint density at radius 1 is 1.14 bits per heavy atom. The largest absolute Gasteiger partial charge is 0.469 e. The Bertz CT molecular complexity index is 596. The van der Waals surface area contributed by atoms with Gasteiger partial charge in [0.25, 0.3) is 0 Å². The van der Waals surface area contributed by atoms with Crippen molar-refractivity contribution in [2.75, 3.05) is 11.5 Å². The lowest BCUT2D eigenvalue weighted by atomic mass is 10.2. The van der Waals surface area contributed by atoms with E-state index in [2.05, 4.69) is 5.32 Å². The summed E-state index contributed by atoms with van der Waals surface area (Å²) in [5.41, 5.74) is 0.682. The van der Waals surface area contributed by atoms with Gasteiger partial charge >= 0.3 is 0 Å². The molecule has 0 aliphatic heterocycles. The van der Waals surface area contributed by atoms with Gasteiger partial charge in [0.1, 0.15) is 5.76 Å². The fourth-order valence-corrected chi connectivity index (χ4v) is 2.76. The number of nitrogens with one attached hydrogen (secondary N) is 1. The lowest BCUT2D eigenvalue weighted by Gasteiger charge is -2.12. The van der Waals surface area contributed by atoms with Crippen LogP contribution in [-0.4, -0.2) is 29.2 Å². The highest BCUT2D eigenvalue weighted by atomic mass is 32.2. The molecule has 1 aromatic carbocycles. The van der Waals surface area contributed by atoms with E-state index in [1.807, 2.05) is 37.3 Å². The molecule has 0 radical (unpaired) electrons. The highest BCUT2D eigenvalue weighted by Crippen LogP contribution is 2.08. The van der Waals surface area contributed by atoms with E-state index in [4.69, 9.17) is 4.42 Å². The average Bonchev–Trinajstić information content (AvgIpc) is 3.00. The van der Waals surface area contributed by atoms with Crippen molar-refractivity contribution in [1.29, 1.82) is 0 Å². The zero-order valence-electron chi connectivity index (χ0n) is 12.5. The van der Waals surface area contributed by atoms with E-state index in [0.717, 1.165) is 5.76 Å². The van der Waals surface area contributed by atoms with Crippen LogP contribution in [-0.2, 0) is 11.2 Å². The molecule has 0 saturated carbocycles. The molecule has 0 bridgehead atoms. The number of ketones is 1. The molecule has 1 N–H and O–H groups in total. The summed E-state index contributed by atoms with van der Waals surface area (Å²) in [6.45, 7) is 1.93. The predicted octanol–water partition coefficient (Wildman–Crippen LogP) is 2.94. The van der Waals surface area contributed by atoms with Crippen LogP contribution in [0.2, 0.25) is 0 Å². The van der Waals surface area contributed by atoms with E-state index in [-0.39, 0.29) is 23.5 Å². The van der Waals surface area contributed by atoms with Crippen LogP contribution in [0.15, 0.2) is 53.1 Å². The first-order chi connectivity index (χ1) is 10.6. The third kappa shape index (κ3) is 5.41. The van der Waals surface area contributed by atoms with Crippen molar-refractivity contribution in [3.8, 4) is 0 Å². The van der Waals surface area contributed by atoms with Crippen molar-refractivity contribution in [1.82, 2.24) is 5.32 Å². The van der Waals surface area contributed by atoms with Gasteiger partial charge in [0.15, 0.2) is 5.78 Å². The number of carbonyl (C=O) groups is 2. The normalized spacial score (nSPS) is 11.9. The number of amides is 1. The number of thioether (sulfide) groups is 1. The van der Waals surface area contributed by atoms with Crippen molar-refractivity contribution in [2.45, 2.75) is 19.4 Å². The molecular weight excluding hydrogens is 298 g/mol. The Balaban J connectivity index is 1.66. The van der Waals surface area contributed by atoms with Crippen LogP contribution in [0.1, 0.15) is 23.0 Å². The van der Waals surface area contributed by atoms with Gasteiger partial charge < -0.3 is 9.73 Å². The highest BCUT2D eigenvalue weighted by Gasteiger charge is 2.11. The molecular formula is C17H19NO3S. The zero-order chi connectivity index (χ0) is 15.8. The maximum atomic E-state index is 11.9. The molecule has 0 fully saturated rings. The lowest BCUT2D eigenvalue weighted by Crippen LogP contribution is -2.35. The fraction of sp³-hybridized carbons (Fsp3) is 0.294. The maximum absolute atomic E-state index is 11.9. The molecule has 1 amide bonds.